The molecule has 6 heteroatoms. The van der Waals surface area contributed by atoms with Crippen LogP contribution in [0.2, 0.25) is 0 Å². The molecule has 0 spiro atoms. The van der Waals surface area contributed by atoms with E-state index >= 15 is 0 Å². The lowest BCUT2D eigenvalue weighted by Gasteiger charge is -2.30. The average Bonchev–Trinajstić information content (AvgIpc) is 2.91. The number of aromatic amines is 1. The Labute approximate surface area is 114 Å². The minimum atomic E-state index is -0.412. The zero-order valence-electron chi connectivity index (χ0n) is 11.9. The topological polar surface area (TPSA) is 96.7 Å². The number of carbonyl (C=O) groups is 1. The van der Waals surface area contributed by atoms with Crippen LogP contribution >= 0.6 is 0 Å². The van der Waals surface area contributed by atoms with E-state index in [2.05, 4.69) is 34.3 Å². The Morgan fingerprint density at radius 3 is 2.58 bits per heavy atom. The molecule has 1 aromatic heterocycles. The fourth-order valence-corrected chi connectivity index (χ4v) is 2.44. The molecule has 1 amide bonds. The van der Waals surface area contributed by atoms with Gasteiger partial charge in [0.2, 0.25) is 5.91 Å². The van der Waals surface area contributed by atoms with Crippen LogP contribution in [0.5, 0.6) is 0 Å². The van der Waals surface area contributed by atoms with Gasteiger partial charge in [0.15, 0.2) is 0 Å². The van der Waals surface area contributed by atoms with Crippen molar-refractivity contribution in [1.82, 2.24) is 20.5 Å². The summed E-state index contributed by atoms with van der Waals surface area (Å²) in [6.45, 7) is 5.13. The van der Waals surface area contributed by atoms with Crippen molar-refractivity contribution in [2.75, 3.05) is 13.1 Å². The highest BCUT2D eigenvalue weighted by Crippen LogP contribution is 2.28. The maximum Gasteiger partial charge on any atom is 0.227 e. The van der Waals surface area contributed by atoms with Crippen molar-refractivity contribution in [2.24, 2.45) is 11.1 Å². The maximum absolute atomic E-state index is 12.4. The predicted molar refractivity (Wildman–Crippen MR) is 74.4 cm³/mol. The summed E-state index contributed by atoms with van der Waals surface area (Å²) in [5.41, 5.74) is 5.45. The molecule has 0 bridgehead atoms. The molecule has 0 saturated carbocycles. The third-order valence-corrected chi connectivity index (χ3v) is 3.44. The van der Waals surface area contributed by atoms with E-state index in [0.717, 1.165) is 31.5 Å². The summed E-state index contributed by atoms with van der Waals surface area (Å²) < 4.78 is 0. The first-order valence-corrected chi connectivity index (χ1v) is 7.01. The predicted octanol–water partition coefficient (Wildman–Crippen LogP) is 1.01. The van der Waals surface area contributed by atoms with Gasteiger partial charge in [0.05, 0.1) is 5.41 Å². The van der Waals surface area contributed by atoms with Gasteiger partial charge in [-0.15, -0.1) is 0 Å². The van der Waals surface area contributed by atoms with Crippen LogP contribution in [0.15, 0.2) is 6.33 Å². The fourth-order valence-electron chi connectivity index (χ4n) is 2.44. The zero-order valence-corrected chi connectivity index (χ0v) is 11.9. The van der Waals surface area contributed by atoms with Gasteiger partial charge in [0.1, 0.15) is 12.2 Å². The molecular formula is C13H25N5O. The van der Waals surface area contributed by atoms with E-state index in [1.807, 2.05) is 0 Å². The Bertz CT molecular complexity index is 357. The first kappa shape index (κ1) is 15.6. The molecule has 1 heterocycles. The smallest absolute Gasteiger partial charge is 0.227 e. The lowest BCUT2D eigenvalue weighted by Crippen LogP contribution is -2.46. The maximum atomic E-state index is 12.4. The number of H-pyrrole nitrogens is 1. The Morgan fingerprint density at radius 1 is 1.42 bits per heavy atom. The van der Waals surface area contributed by atoms with Gasteiger partial charge >= 0.3 is 0 Å². The number of hydrogen-bond acceptors (Lipinski definition) is 4. The summed E-state index contributed by atoms with van der Waals surface area (Å²) in [5.74, 6) is 0.850. The molecule has 19 heavy (non-hydrogen) atoms. The highest BCUT2D eigenvalue weighted by atomic mass is 16.2. The standard InChI is InChI=1S/C13H25N5O/c1-3-6-13(9-14,7-4-2)12(19)15-8-5-11-16-10-17-18-11/h10H,3-9,14H2,1-2H3,(H,15,19)(H,16,17,18). The number of aromatic nitrogens is 3. The van der Waals surface area contributed by atoms with E-state index in [-0.39, 0.29) is 5.91 Å². The molecule has 0 atom stereocenters. The van der Waals surface area contributed by atoms with Gasteiger partial charge in [-0.2, -0.15) is 5.10 Å². The largest absolute Gasteiger partial charge is 0.355 e. The van der Waals surface area contributed by atoms with Crippen molar-refractivity contribution >= 4 is 5.91 Å². The molecule has 0 unspecified atom stereocenters. The van der Waals surface area contributed by atoms with Crippen molar-refractivity contribution in [3.05, 3.63) is 12.2 Å². The molecule has 6 nitrogen and oxygen atoms in total. The number of nitrogens with zero attached hydrogens (tertiary/aromatic N) is 2. The summed E-state index contributed by atoms with van der Waals surface area (Å²) in [6, 6.07) is 0. The van der Waals surface area contributed by atoms with Crippen LogP contribution in [0.3, 0.4) is 0 Å². The van der Waals surface area contributed by atoms with Crippen LogP contribution in [0.25, 0.3) is 0 Å². The van der Waals surface area contributed by atoms with Crippen LogP contribution in [0, 0.1) is 5.41 Å². The summed E-state index contributed by atoms with van der Waals surface area (Å²) >= 11 is 0. The molecule has 0 saturated heterocycles. The lowest BCUT2D eigenvalue weighted by atomic mass is 9.78. The first-order valence-electron chi connectivity index (χ1n) is 7.01. The fraction of sp³-hybridized carbons (Fsp3) is 0.769. The zero-order chi connectivity index (χ0) is 14.1. The summed E-state index contributed by atoms with van der Waals surface area (Å²) in [6.07, 6.45) is 5.73. The van der Waals surface area contributed by atoms with Gasteiger partial charge in [0, 0.05) is 19.5 Å². The van der Waals surface area contributed by atoms with Gasteiger partial charge < -0.3 is 11.1 Å². The molecule has 1 aromatic rings. The van der Waals surface area contributed by atoms with Crippen molar-refractivity contribution < 1.29 is 4.79 Å². The van der Waals surface area contributed by atoms with Gasteiger partial charge in [-0.25, -0.2) is 4.98 Å². The van der Waals surface area contributed by atoms with E-state index in [0.29, 0.717) is 19.5 Å². The van der Waals surface area contributed by atoms with Gasteiger partial charge in [0.25, 0.3) is 0 Å². The van der Waals surface area contributed by atoms with Gasteiger partial charge in [-0.05, 0) is 12.8 Å². The summed E-state index contributed by atoms with van der Waals surface area (Å²) in [5, 5.41) is 9.53. The van der Waals surface area contributed by atoms with Crippen LogP contribution < -0.4 is 11.1 Å². The third-order valence-electron chi connectivity index (χ3n) is 3.44. The van der Waals surface area contributed by atoms with Crippen molar-refractivity contribution in [2.45, 2.75) is 46.0 Å². The Hall–Kier alpha value is -1.43. The molecule has 4 N–H and O–H groups in total. The number of nitrogens with two attached hydrogens (primary N) is 1. The van der Waals surface area contributed by atoms with E-state index in [4.69, 9.17) is 5.73 Å². The van der Waals surface area contributed by atoms with E-state index < -0.39 is 5.41 Å². The molecule has 1 rings (SSSR count). The summed E-state index contributed by atoms with van der Waals surface area (Å²) in [7, 11) is 0. The Balaban J connectivity index is 2.51. The Kier molecular flexibility index (Phi) is 6.49. The van der Waals surface area contributed by atoms with Crippen LogP contribution in [-0.4, -0.2) is 34.2 Å². The van der Waals surface area contributed by atoms with Crippen LogP contribution in [-0.2, 0) is 11.2 Å². The van der Waals surface area contributed by atoms with E-state index in [1.165, 1.54) is 6.33 Å². The third kappa shape index (κ3) is 4.31. The van der Waals surface area contributed by atoms with Crippen molar-refractivity contribution in [3.63, 3.8) is 0 Å². The SMILES string of the molecule is CCCC(CN)(CCC)C(=O)NCCc1ncn[nH]1. The molecule has 108 valence electrons. The Morgan fingerprint density at radius 2 is 2.11 bits per heavy atom. The molecule has 0 radical (unpaired) electrons. The highest BCUT2D eigenvalue weighted by Gasteiger charge is 2.34. The second kappa shape index (κ2) is 7.89. The van der Waals surface area contributed by atoms with E-state index in [1.54, 1.807) is 0 Å². The van der Waals surface area contributed by atoms with Gasteiger partial charge in [-0.1, -0.05) is 26.7 Å². The molecule has 0 aromatic carbocycles. The second-order valence-corrected chi connectivity index (χ2v) is 4.92. The number of amides is 1. The average molecular weight is 267 g/mol. The quantitative estimate of drug-likeness (QED) is 0.622. The minimum absolute atomic E-state index is 0.0678. The van der Waals surface area contributed by atoms with Gasteiger partial charge in [-0.3, -0.25) is 9.89 Å². The molecule has 0 fully saturated rings. The normalized spacial score (nSPS) is 11.5. The number of carbonyl (C=O) groups excluding carboxylic acids is 1. The number of hydrogen-bond donors (Lipinski definition) is 3. The number of nitrogens with one attached hydrogen (secondary N) is 2. The summed E-state index contributed by atoms with van der Waals surface area (Å²) in [4.78, 5) is 16.4. The molecule has 0 aliphatic heterocycles. The molecular weight excluding hydrogens is 242 g/mol. The minimum Gasteiger partial charge on any atom is -0.355 e. The molecule has 0 aliphatic rings. The second-order valence-electron chi connectivity index (χ2n) is 4.92. The van der Waals surface area contributed by atoms with Crippen molar-refractivity contribution in [3.8, 4) is 0 Å². The molecule has 0 aliphatic carbocycles. The highest BCUT2D eigenvalue weighted by molar-refractivity contribution is 5.82. The first-order chi connectivity index (χ1) is 9.18. The van der Waals surface area contributed by atoms with Crippen LogP contribution in [0.4, 0.5) is 0 Å². The van der Waals surface area contributed by atoms with E-state index in [9.17, 15) is 4.79 Å². The van der Waals surface area contributed by atoms with Crippen molar-refractivity contribution in [1.29, 1.82) is 0 Å². The monoisotopic (exact) mass is 267 g/mol. The lowest BCUT2D eigenvalue weighted by molar-refractivity contribution is -0.131. The van der Waals surface area contributed by atoms with Crippen LogP contribution in [0.1, 0.15) is 45.4 Å². The number of rotatable bonds is 9.